The van der Waals surface area contributed by atoms with Crippen LogP contribution in [0.4, 0.5) is 0 Å². The molecule has 1 fully saturated rings. The highest BCUT2D eigenvalue weighted by atomic mass is 16.4. The van der Waals surface area contributed by atoms with Crippen LogP contribution in [0.15, 0.2) is 12.2 Å². The minimum absolute atomic E-state index is 0.0466. The summed E-state index contributed by atoms with van der Waals surface area (Å²) in [4.78, 5) is 23.9. The average molecular weight is 293 g/mol. The van der Waals surface area contributed by atoms with Gasteiger partial charge >= 0.3 is 5.97 Å². The van der Waals surface area contributed by atoms with Gasteiger partial charge in [0.2, 0.25) is 5.91 Å². The zero-order valence-electron chi connectivity index (χ0n) is 13.0. The number of amides is 1. The monoisotopic (exact) mass is 293 g/mol. The molecule has 0 aliphatic heterocycles. The summed E-state index contributed by atoms with van der Waals surface area (Å²) in [6.07, 6.45) is 9.37. The van der Waals surface area contributed by atoms with Gasteiger partial charge in [-0.3, -0.25) is 9.59 Å². The maximum absolute atomic E-state index is 12.4. The molecule has 118 valence electrons. The van der Waals surface area contributed by atoms with Gasteiger partial charge in [-0.15, -0.1) is 0 Å². The molecule has 1 amide bonds. The summed E-state index contributed by atoms with van der Waals surface area (Å²) in [6, 6.07) is 0. The molecule has 2 aliphatic rings. The maximum Gasteiger partial charge on any atom is 0.307 e. The van der Waals surface area contributed by atoms with Crippen LogP contribution in [0, 0.1) is 29.6 Å². The van der Waals surface area contributed by atoms with Crippen LogP contribution in [0.1, 0.15) is 46.0 Å². The van der Waals surface area contributed by atoms with Crippen LogP contribution in [0.5, 0.6) is 0 Å². The maximum atomic E-state index is 12.4. The molecule has 21 heavy (non-hydrogen) atoms. The highest BCUT2D eigenvalue weighted by Crippen LogP contribution is 2.48. The predicted molar refractivity (Wildman–Crippen MR) is 81.7 cm³/mol. The fourth-order valence-corrected chi connectivity index (χ4v) is 3.82. The second-order valence-electron chi connectivity index (χ2n) is 6.50. The minimum atomic E-state index is -0.829. The van der Waals surface area contributed by atoms with Crippen LogP contribution in [0.2, 0.25) is 0 Å². The zero-order valence-corrected chi connectivity index (χ0v) is 13.0. The first kappa shape index (κ1) is 16.1. The van der Waals surface area contributed by atoms with Crippen molar-refractivity contribution >= 4 is 11.9 Å². The highest BCUT2D eigenvalue weighted by Gasteiger charge is 2.51. The predicted octanol–water partition coefficient (Wildman–Crippen LogP) is 2.84. The number of carboxylic acids is 1. The lowest BCUT2D eigenvalue weighted by molar-refractivity contribution is -0.147. The third-order valence-corrected chi connectivity index (χ3v) is 5.16. The smallest absolute Gasteiger partial charge is 0.307 e. The van der Waals surface area contributed by atoms with E-state index in [-0.39, 0.29) is 23.7 Å². The SMILES string of the molecule is CCCC[C@@H](CC)CNC(=O)[C@@H]1[C@@H](C(=O)O)[C@H]2C=C[C@@H]1C2. The van der Waals surface area contributed by atoms with Crippen molar-refractivity contribution in [2.24, 2.45) is 29.6 Å². The van der Waals surface area contributed by atoms with Crippen molar-refractivity contribution in [3.8, 4) is 0 Å². The van der Waals surface area contributed by atoms with Crippen LogP contribution >= 0.6 is 0 Å². The number of hydrogen-bond acceptors (Lipinski definition) is 2. The van der Waals surface area contributed by atoms with Crippen LogP contribution in [0.25, 0.3) is 0 Å². The number of rotatable bonds is 8. The molecule has 0 aromatic rings. The highest BCUT2D eigenvalue weighted by molar-refractivity contribution is 5.86. The number of allylic oxidation sites excluding steroid dienone is 2. The van der Waals surface area contributed by atoms with Gasteiger partial charge < -0.3 is 10.4 Å². The summed E-state index contributed by atoms with van der Waals surface area (Å²) < 4.78 is 0. The largest absolute Gasteiger partial charge is 0.481 e. The van der Waals surface area contributed by atoms with E-state index in [1.807, 2.05) is 12.2 Å². The summed E-state index contributed by atoms with van der Waals surface area (Å²) >= 11 is 0. The first-order valence-electron chi connectivity index (χ1n) is 8.27. The summed E-state index contributed by atoms with van der Waals surface area (Å²) in [5, 5.41) is 12.4. The van der Waals surface area contributed by atoms with E-state index in [0.29, 0.717) is 12.5 Å². The zero-order chi connectivity index (χ0) is 15.4. The van der Waals surface area contributed by atoms with Crippen LogP contribution in [0.3, 0.4) is 0 Å². The van der Waals surface area contributed by atoms with Gasteiger partial charge in [-0.1, -0.05) is 45.3 Å². The normalized spacial score (nSPS) is 31.3. The van der Waals surface area contributed by atoms with Crippen molar-refractivity contribution < 1.29 is 14.7 Å². The van der Waals surface area contributed by atoms with Gasteiger partial charge in [-0.25, -0.2) is 0 Å². The van der Waals surface area contributed by atoms with Gasteiger partial charge in [-0.2, -0.15) is 0 Å². The van der Waals surface area contributed by atoms with Gasteiger partial charge in [0.25, 0.3) is 0 Å². The van der Waals surface area contributed by atoms with Gasteiger partial charge in [0.15, 0.2) is 0 Å². The Hall–Kier alpha value is -1.32. The second kappa shape index (κ2) is 7.10. The lowest BCUT2D eigenvalue weighted by Gasteiger charge is -2.25. The quantitative estimate of drug-likeness (QED) is 0.676. The molecule has 0 saturated heterocycles. The fraction of sp³-hybridized carbons (Fsp3) is 0.765. The summed E-state index contributed by atoms with van der Waals surface area (Å²) in [5.74, 6) is -1.13. The molecule has 2 rings (SSSR count). The van der Waals surface area contributed by atoms with E-state index >= 15 is 0 Å². The molecule has 1 saturated carbocycles. The number of carbonyl (C=O) groups is 2. The topological polar surface area (TPSA) is 66.4 Å². The summed E-state index contributed by atoms with van der Waals surface area (Å²) in [7, 11) is 0. The van der Waals surface area contributed by atoms with Crippen molar-refractivity contribution in [3.63, 3.8) is 0 Å². The number of nitrogens with one attached hydrogen (secondary N) is 1. The number of aliphatic carboxylic acids is 1. The molecule has 2 aliphatic carbocycles. The molecule has 0 radical (unpaired) electrons. The molecule has 2 N–H and O–H groups in total. The van der Waals surface area contributed by atoms with Crippen molar-refractivity contribution in [1.29, 1.82) is 0 Å². The van der Waals surface area contributed by atoms with Crippen LogP contribution in [-0.4, -0.2) is 23.5 Å². The second-order valence-corrected chi connectivity index (χ2v) is 6.50. The first-order valence-corrected chi connectivity index (χ1v) is 8.27. The number of carbonyl (C=O) groups excluding carboxylic acids is 1. The summed E-state index contributed by atoms with van der Waals surface area (Å²) in [6.45, 7) is 5.00. The standard InChI is InChI=1S/C17H27NO3/c1-3-5-6-11(4-2)10-18-16(19)14-12-7-8-13(9-12)15(14)17(20)21/h7-8,11-15H,3-6,9-10H2,1-2H3,(H,18,19)(H,20,21)/t11-,12-,13+,14+,15+/m1/s1. The van der Waals surface area contributed by atoms with Gasteiger partial charge in [0.1, 0.15) is 0 Å². The van der Waals surface area contributed by atoms with E-state index < -0.39 is 11.9 Å². The summed E-state index contributed by atoms with van der Waals surface area (Å²) in [5.41, 5.74) is 0. The number of hydrogen-bond donors (Lipinski definition) is 2. The van der Waals surface area contributed by atoms with Crippen LogP contribution < -0.4 is 5.32 Å². The van der Waals surface area contributed by atoms with Gasteiger partial charge in [0.05, 0.1) is 11.8 Å². The Morgan fingerprint density at radius 1 is 1.24 bits per heavy atom. The van der Waals surface area contributed by atoms with E-state index in [1.165, 1.54) is 12.8 Å². The average Bonchev–Trinajstić information content (AvgIpc) is 3.07. The molecule has 4 heteroatoms. The molecule has 0 unspecified atom stereocenters. The number of unbranched alkanes of at least 4 members (excludes halogenated alkanes) is 1. The van der Waals surface area contributed by atoms with E-state index in [4.69, 9.17) is 0 Å². The Bertz CT molecular complexity index is 418. The van der Waals surface area contributed by atoms with E-state index in [0.717, 1.165) is 19.3 Å². The lowest BCUT2D eigenvalue weighted by Crippen LogP contribution is -2.41. The van der Waals surface area contributed by atoms with Gasteiger partial charge in [-0.05, 0) is 30.6 Å². The van der Waals surface area contributed by atoms with Crippen molar-refractivity contribution in [2.45, 2.75) is 46.0 Å². The molecule has 4 nitrogen and oxygen atoms in total. The number of fused-ring (bicyclic) bond motifs is 2. The first-order chi connectivity index (χ1) is 10.1. The molecule has 5 atom stereocenters. The molecular weight excluding hydrogens is 266 g/mol. The van der Waals surface area contributed by atoms with Gasteiger partial charge in [0, 0.05) is 6.54 Å². The Morgan fingerprint density at radius 2 is 1.90 bits per heavy atom. The Labute approximate surface area is 127 Å². The van der Waals surface area contributed by atoms with E-state index in [2.05, 4.69) is 19.2 Å². The number of carboxylic acid groups (broad SMARTS) is 1. The van der Waals surface area contributed by atoms with Crippen molar-refractivity contribution in [3.05, 3.63) is 12.2 Å². The van der Waals surface area contributed by atoms with Crippen molar-refractivity contribution in [1.82, 2.24) is 5.32 Å². The third kappa shape index (κ3) is 3.47. The lowest BCUT2D eigenvalue weighted by atomic mass is 9.82. The molecular formula is C17H27NO3. The molecule has 0 aromatic heterocycles. The fourth-order valence-electron chi connectivity index (χ4n) is 3.82. The van der Waals surface area contributed by atoms with E-state index in [9.17, 15) is 14.7 Å². The molecule has 0 heterocycles. The van der Waals surface area contributed by atoms with Crippen molar-refractivity contribution in [2.75, 3.05) is 6.54 Å². The molecule has 2 bridgehead atoms. The Balaban J connectivity index is 1.90. The minimum Gasteiger partial charge on any atom is -0.481 e. The Kier molecular flexibility index (Phi) is 5.43. The Morgan fingerprint density at radius 3 is 2.48 bits per heavy atom. The molecule has 0 aromatic carbocycles. The third-order valence-electron chi connectivity index (χ3n) is 5.16. The van der Waals surface area contributed by atoms with Crippen LogP contribution in [-0.2, 0) is 9.59 Å². The molecule has 0 spiro atoms. The van der Waals surface area contributed by atoms with E-state index in [1.54, 1.807) is 0 Å².